The molecule has 1 aromatic heterocycles. The maximum Gasteiger partial charge on any atom is 0.419 e. The molecule has 0 fully saturated rings. The Morgan fingerprint density at radius 2 is 1.65 bits per heavy atom. The van der Waals surface area contributed by atoms with E-state index in [4.69, 9.17) is 4.42 Å². The monoisotopic (exact) mass is 474 g/mol. The van der Waals surface area contributed by atoms with Gasteiger partial charge in [0, 0.05) is 41.5 Å². The Hall–Kier alpha value is -3.49. The number of oxazole rings is 1. The van der Waals surface area contributed by atoms with Crippen molar-refractivity contribution in [1.82, 2.24) is 9.47 Å². The van der Waals surface area contributed by atoms with E-state index in [2.05, 4.69) is 34.5 Å². The molecule has 0 bridgehead atoms. The minimum atomic E-state index is -0.388. The van der Waals surface area contributed by atoms with Crippen LogP contribution in [-0.4, -0.2) is 42.6 Å². The number of nitrogens with zero attached hydrogens (tertiary/aromatic N) is 3. The van der Waals surface area contributed by atoms with Crippen molar-refractivity contribution >= 4 is 45.8 Å². The molecule has 1 aliphatic rings. The molecule has 0 spiro atoms. The van der Waals surface area contributed by atoms with Gasteiger partial charge in [-0.2, -0.15) is 0 Å². The average molecular weight is 475 g/mol. The van der Waals surface area contributed by atoms with E-state index in [0.29, 0.717) is 42.8 Å². The number of hydrogen-bond acceptors (Lipinski definition) is 6. The van der Waals surface area contributed by atoms with Crippen molar-refractivity contribution in [2.45, 2.75) is 22.8 Å². The van der Waals surface area contributed by atoms with Gasteiger partial charge in [0.05, 0.1) is 16.9 Å². The lowest BCUT2D eigenvalue weighted by Crippen LogP contribution is -2.26. The third-order valence-corrected chi connectivity index (χ3v) is 6.95. The molecule has 1 amide bonds. The van der Waals surface area contributed by atoms with Gasteiger partial charge in [-0.15, -0.1) is 0 Å². The van der Waals surface area contributed by atoms with E-state index in [1.807, 2.05) is 43.3 Å². The highest BCUT2D eigenvalue weighted by molar-refractivity contribution is 7.99. The number of aromatic nitrogens is 1. The summed E-state index contributed by atoms with van der Waals surface area (Å²) in [6, 6.07) is 21.8. The molecular weight excluding hydrogens is 448 g/mol. The van der Waals surface area contributed by atoms with Crippen molar-refractivity contribution in [2.75, 3.05) is 37.4 Å². The highest BCUT2D eigenvalue weighted by Crippen LogP contribution is 2.47. The quantitative estimate of drug-likeness (QED) is 0.415. The standard InChI is InChI=1S/C26H26N4O3S/c1-28(2)15-16-30-21-17-18(11-12-22(21)33-26(30)32)27-25(31)13-14-29-19-7-3-5-9-23(19)34-24-10-6-4-8-20(24)29/h3-12,17H,13-16H2,1-2H3,(H,27,31). The lowest BCUT2D eigenvalue weighted by atomic mass is 10.2. The smallest absolute Gasteiger partial charge is 0.408 e. The van der Waals surface area contributed by atoms with E-state index in [0.717, 1.165) is 11.4 Å². The second-order valence-corrected chi connectivity index (χ2v) is 9.58. The Morgan fingerprint density at radius 1 is 0.971 bits per heavy atom. The molecule has 7 nitrogen and oxygen atoms in total. The fraction of sp³-hybridized carbons (Fsp3) is 0.231. The van der Waals surface area contributed by atoms with Gasteiger partial charge in [0.2, 0.25) is 5.91 Å². The Bertz CT molecular complexity index is 1360. The summed E-state index contributed by atoms with van der Waals surface area (Å²) in [5.74, 6) is -0.473. The molecule has 2 heterocycles. The second kappa shape index (κ2) is 9.40. The number of carbonyl (C=O) groups is 1. The molecular formula is C26H26N4O3S. The highest BCUT2D eigenvalue weighted by atomic mass is 32.2. The lowest BCUT2D eigenvalue weighted by molar-refractivity contribution is -0.116. The first-order valence-electron chi connectivity index (χ1n) is 11.2. The summed E-state index contributed by atoms with van der Waals surface area (Å²) in [7, 11) is 3.91. The summed E-state index contributed by atoms with van der Waals surface area (Å²) in [4.78, 5) is 31.7. The van der Waals surface area contributed by atoms with Crippen molar-refractivity contribution < 1.29 is 9.21 Å². The first-order chi connectivity index (χ1) is 16.5. The molecule has 8 heteroatoms. The summed E-state index contributed by atoms with van der Waals surface area (Å²) in [5.41, 5.74) is 4.07. The molecule has 1 N–H and O–H groups in total. The summed E-state index contributed by atoms with van der Waals surface area (Å²) < 4.78 is 6.95. The zero-order valence-corrected chi connectivity index (χ0v) is 20.0. The Balaban J connectivity index is 1.32. The maximum atomic E-state index is 12.9. The zero-order chi connectivity index (χ0) is 23.7. The van der Waals surface area contributed by atoms with Crippen LogP contribution in [0.25, 0.3) is 11.1 Å². The van der Waals surface area contributed by atoms with Crippen LogP contribution in [0.1, 0.15) is 6.42 Å². The number of amides is 1. The summed E-state index contributed by atoms with van der Waals surface area (Å²) in [6.45, 7) is 1.78. The number of rotatable bonds is 7. The van der Waals surface area contributed by atoms with Crippen molar-refractivity contribution in [1.29, 1.82) is 0 Å². The zero-order valence-electron chi connectivity index (χ0n) is 19.2. The Labute approximate surface area is 202 Å². The van der Waals surface area contributed by atoms with Crippen LogP contribution in [0.15, 0.2) is 85.7 Å². The van der Waals surface area contributed by atoms with E-state index in [9.17, 15) is 9.59 Å². The first-order valence-corrected chi connectivity index (χ1v) is 12.0. The molecule has 0 atom stereocenters. The molecule has 4 aromatic rings. The highest BCUT2D eigenvalue weighted by Gasteiger charge is 2.23. The van der Waals surface area contributed by atoms with Gasteiger partial charge in [0.15, 0.2) is 5.58 Å². The normalized spacial score (nSPS) is 12.6. The van der Waals surface area contributed by atoms with Gasteiger partial charge >= 0.3 is 5.76 Å². The third kappa shape index (κ3) is 4.47. The maximum absolute atomic E-state index is 12.9. The number of para-hydroxylation sites is 2. The van der Waals surface area contributed by atoms with Gasteiger partial charge in [0.1, 0.15) is 0 Å². The average Bonchev–Trinajstić information content (AvgIpc) is 3.14. The van der Waals surface area contributed by atoms with Gasteiger partial charge < -0.3 is 19.5 Å². The predicted octanol–water partition coefficient (Wildman–Crippen LogP) is 4.79. The minimum absolute atomic E-state index is 0.0850. The molecule has 3 aromatic carbocycles. The molecule has 34 heavy (non-hydrogen) atoms. The van der Waals surface area contributed by atoms with Crippen molar-refractivity contribution in [3.63, 3.8) is 0 Å². The molecule has 0 unspecified atom stereocenters. The van der Waals surface area contributed by atoms with E-state index < -0.39 is 0 Å². The van der Waals surface area contributed by atoms with Gasteiger partial charge in [-0.25, -0.2) is 4.79 Å². The van der Waals surface area contributed by atoms with Crippen LogP contribution in [-0.2, 0) is 11.3 Å². The number of nitrogens with one attached hydrogen (secondary N) is 1. The van der Waals surface area contributed by atoms with Gasteiger partial charge in [-0.3, -0.25) is 9.36 Å². The molecule has 0 radical (unpaired) electrons. The topological polar surface area (TPSA) is 70.7 Å². The van der Waals surface area contributed by atoms with Crippen molar-refractivity contribution in [3.05, 3.63) is 77.3 Å². The van der Waals surface area contributed by atoms with Gasteiger partial charge in [0.25, 0.3) is 0 Å². The summed E-state index contributed by atoms with van der Waals surface area (Å²) in [5, 5.41) is 2.98. The minimum Gasteiger partial charge on any atom is -0.408 e. The number of fused-ring (bicyclic) bond motifs is 3. The van der Waals surface area contributed by atoms with Crippen LogP contribution in [0.4, 0.5) is 17.1 Å². The van der Waals surface area contributed by atoms with Crippen LogP contribution in [0, 0.1) is 0 Å². The van der Waals surface area contributed by atoms with Gasteiger partial charge in [-0.1, -0.05) is 36.0 Å². The van der Waals surface area contributed by atoms with E-state index in [-0.39, 0.29) is 11.7 Å². The molecule has 5 rings (SSSR count). The number of carbonyl (C=O) groups excluding carboxylic acids is 1. The molecule has 174 valence electrons. The Morgan fingerprint density at radius 3 is 2.32 bits per heavy atom. The van der Waals surface area contributed by atoms with Crippen molar-refractivity contribution in [3.8, 4) is 0 Å². The second-order valence-electron chi connectivity index (χ2n) is 8.49. The Kier molecular flexibility index (Phi) is 6.17. The molecule has 1 aliphatic heterocycles. The number of likely N-dealkylation sites (N-methyl/N-ethyl adjacent to an activating group) is 1. The SMILES string of the molecule is CN(C)CCn1c(=O)oc2ccc(NC(=O)CCN3c4ccccc4Sc4ccccc43)cc21. The van der Waals surface area contributed by atoms with Crippen LogP contribution in [0.3, 0.4) is 0 Å². The van der Waals surface area contributed by atoms with E-state index in [1.54, 1.807) is 34.5 Å². The summed E-state index contributed by atoms with van der Waals surface area (Å²) in [6.07, 6.45) is 0.324. The molecule has 0 aliphatic carbocycles. The first kappa shape index (κ1) is 22.3. The third-order valence-electron chi connectivity index (χ3n) is 5.82. The van der Waals surface area contributed by atoms with Crippen LogP contribution < -0.4 is 16.0 Å². The fourth-order valence-corrected chi connectivity index (χ4v) is 5.21. The molecule has 0 saturated heterocycles. The predicted molar refractivity (Wildman–Crippen MR) is 136 cm³/mol. The largest absolute Gasteiger partial charge is 0.419 e. The van der Waals surface area contributed by atoms with Crippen LogP contribution in [0.2, 0.25) is 0 Å². The van der Waals surface area contributed by atoms with E-state index in [1.165, 1.54) is 9.79 Å². The number of anilines is 3. The van der Waals surface area contributed by atoms with Gasteiger partial charge in [-0.05, 0) is 56.6 Å². The molecule has 0 saturated carbocycles. The summed E-state index contributed by atoms with van der Waals surface area (Å²) >= 11 is 1.75. The van der Waals surface area contributed by atoms with E-state index >= 15 is 0 Å². The van der Waals surface area contributed by atoms with Crippen molar-refractivity contribution in [2.24, 2.45) is 0 Å². The van der Waals surface area contributed by atoms with Crippen LogP contribution in [0.5, 0.6) is 0 Å². The fourth-order valence-electron chi connectivity index (χ4n) is 4.11. The van der Waals surface area contributed by atoms with Crippen LogP contribution >= 0.6 is 11.8 Å². The number of hydrogen-bond donors (Lipinski definition) is 1. The number of benzene rings is 3. The lowest BCUT2D eigenvalue weighted by Gasteiger charge is -2.32.